The average Bonchev–Trinajstić information content (AvgIpc) is 2.83. The van der Waals surface area contributed by atoms with E-state index < -0.39 is 0 Å². The third-order valence-electron chi connectivity index (χ3n) is 5.84. The number of piperazine rings is 1. The monoisotopic (exact) mass is 432 g/mol. The molecule has 0 N–H and O–H groups in total. The topological polar surface area (TPSA) is 67.8 Å². The second kappa shape index (κ2) is 9.26. The summed E-state index contributed by atoms with van der Waals surface area (Å²) in [6.45, 7) is 6.78. The van der Waals surface area contributed by atoms with Gasteiger partial charge in [-0.3, -0.25) is 4.79 Å². The van der Waals surface area contributed by atoms with Crippen LogP contribution in [0.5, 0.6) is 11.5 Å². The maximum Gasteiger partial charge on any atom is 0.257 e. The van der Waals surface area contributed by atoms with Crippen molar-refractivity contribution in [2.24, 2.45) is 0 Å². The Morgan fingerprint density at radius 2 is 1.66 bits per heavy atom. The fraction of sp³-hybridized carbons (Fsp3) is 0.320. The highest BCUT2D eigenvalue weighted by molar-refractivity contribution is 5.97. The van der Waals surface area contributed by atoms with E-state index in [1.165, 1.54) is 11.1 Å². The van der Waals surface area contributed by atoms with Gasteiger partial charge in [-0.2, -0.15) is 0 Å². The third kappa shape index (κ3) is 4.37. The van der Waals surface area contributed by atoms with Crippen LogP contribution in [0.2, 0.25) is 0 Å². The van der Waals surface area contributed by atoms with E-state index in [2.05, 4.69) is 47.1 Å². The van der Waals surface area contributed by atoms with E-state index in [0.717, 1.165) is 17.1 Å². The molecule has 1 aromatic heterocycles. The summed E-state index contributed by atoms with van der Waals surface area (Å²) in [5, 5.41) is 8.91. The van der Waals surface area contributed by atoms with Crippen LogP contribution >= 0.6 is 0 Å². The molecule has 2 aromatic carbocycles. The summed E-state index contributed by atoms with van der Waals surface area (Å²) < 4.78 is 10.6. The first-order valence-corrected chi connectivity index (χ1v) is 10.7. The van der Waals surface area contributed by atoms with E-state index >= 15 is 0 Å². The molecule has 166 valence electrons. The zero-order valence-corrected chi connectivity index (χ0v) is 19.0. The summed E-state index contributed by atoms with van der Waals surface area (Å²) in [4.78, 5) is 17.0. The van der Waals surface area contributed by atoms with Gasteiger partial charge in [0.2, 0.25) is 0 Å². The van der Waals surface area contributed by atoms with Crippen molar-refractivity contribution in [1.82, 2.24) is 15.1 Å². The minimum Gasteiger partial charge on any atom is -0.497 e. The largest absolute Gasteiger partial charge is 0.497 e. The summed E-state index contributed by atoms with van der Waals surface area (Å²) in [7, 11) is 3.15. The van der Waals surface area contributed by atoms with E-state index in [1.54, 1.807) is 32.4 Å². The predicted octanol–water partition coefficient (Wildman–Crippen LogP) is 3.74. The highest BCUT2D eigenvalue weighted by atomic mass is 16.5. The van der Waals surface area contributed by atoms with Gasteiger partial charge in [-0.25, -0.2) is 0 Å². The van der Waals surface area contributed by atoms with Crippen LogP contribution in [0, 0.1) is 13.8 Å². The van der Waals surface area contributed by atoms with Crippen LogP contribution in [0.3, 0.4) is 0 Å². The molecule has 32 heavy (non-hydrogen) atoms. The smallest absolute Gasteiger partial charge is 0.257 e. The Hall–Kier alpha value is -3.61. The number of methoxy groups -OCH3 is 2. The van der Waals surface area contributed by atoms with Crippen molar-refractivity contribution >= 4 is 11.7 Å². The molecule has 1 fully saturated rings. The van der Waals surface area contributed by atoms with Gasteiger partial charge in [0.1, 0.15) is 11.5 Å². The molecular formula is C25H28N4O3. The van der Waals surface area contributed by atoms with Crippen LogP contribution < -0.4 is 14.4 Å². The highest BCUT2D eigenvalue weighted by Gasteiger charge is 2.25. The number of benzene rings is 2. The number of ether oxygens (including phenoxy) is 2. The molecule has 0 spiro atoms. The number of carbonyl (C=O) groups excluding carboxylic acids is 1. The number of aromatic nitrogens is 2. The molecule has 1 saturated heterocycles. The minimum atomic E-state index is -0.0413. The number of nitrogens with zero attached hydrogens (tertiary/aromatic N) is 4. The first kappa shape index (κ1) is 21.6. The number of hydrogen-bond acceptors (Lipinski definition) is 6. The number of amides is 1. The van der Waals surface area contributed by atoms with Gasteiger partial charge in [-0.05, 0) is 43.7 Å². The van der Waals surface area contributed by atoms with Gasteiger partial charge in [-0.15, -0.1) is 10.2 Å². The second-order valence-electron chi connectivity index (χ2n) is 7.94. The van der Waals surface area contributed by atoms with Crippen molar-refractivity contribution in [2.75, 3.05) is 45.3 Å². The van der Waals surface area contributed by atoms with E-state index in [-0.39, 0.29) is 5.91 Å². The lowest BCUT2D eigenvalue weighted by molar-refractivity contribution is 0.0743. The molecule has 7 heteroatoms. The quantitative estimate of drug-likeness (QED) is 0.612. The predicted molar refractivity (Wildman–Crippen MR) is 125 cm³/mol. The molecule has 0 unspecified atom stereocenters. The van der Waals surface area contributed by atoms with Gasteiger partial charge in [0.15, 0.2) is 5.82 Å². The molecule has 0 saturated carbocycles. The van der Waals surface area contributed by atoms with Crippen LogP contribution in [0.25, 0.3) is 11.3 Å². The number of carbonyl (C=O) groups is 1. The molecule has 1 aliphatic heterocycles. The SMILES string of the molecule is COc1ccc(C(=O)N2CCN(c3ccc(-c4ccc(C)cc4C)nn3)CC2)c(OC)c1. The van der Waals surface area contributed by atoms with E-state index in [4.69, 9.17) is 9.47 Å². The molecule has 0 radical (unpaired) electrons. The molecule has 4 rings (SSSR count). The first-order chi connectivity index (χ1) is 15.5. The minimum absolute atomic E-state index is 0.0413. The molecular weight excluding hydrogens is 404 g/mol. The van der Waals surface area contributed by atoms with Gasteiger partial charge >= 0.3 is 0 Å². The summed E-state index contributed by atoms with van der Waals surface area (Å²) in [5.41, 5.74) is 4.92. The van der Waals surface area contributed by atoms with Gasteiger partial charge in [0.25, 0.3) is 5.91 Å². The molecule has 2 heterocycles. The molecule has 3 aromatic rings. The van der Waals surface area contributed by atoms with Crippen LogP contribution in [-0.2, 0) is 0 Å². The highest BCUT2D eigenvalue weighted by Crippen LogP contribution is 2.27. The number of aryl methyl sites for hydroxylation is 2. The van der Waals surface area contributed by atoms with Crippen molar-refractivity contribution in [3.05, 3.63) is 65.2 Å². The van der Waals surface area contributed by atoms with E-state index in [9.17, 15) is 4.79 Å². The van der Waals surface area contributed by atoms with Gasteiger partial charge in [0.05, 0.1) is 25.5 Å². The Morgan fingerprint density at radius 3 is 2.28 bits per heavy atom. The van der Waals surface area contributed by atoms with Crippen molar-refractivity contribution in [3.8, 4) is 22.8 Å². The van der Waals surface area contributed by atoms with E-state index in [0.29, 0.717) is 43.2 Å². The van der Waals surface area contributed by atoms with Gasteiger partial charge in [-0.1, -0.05) is 23.8 Å². The number of anilines is 1. The maximum atomic E-state index is 13.0. The Bertz CT molecular complexity index is 1110. The zero-order chi connectivity index (χ0) is 22.7. The molecule has 0 bridgehead atoms. The van der Waals surface area contributed by atoms with Gasteiger partial charge in [0, 0.05) is 37.8 Å². The second-order valence-corrected chi connectivity index (χ2v) is 7.94. The van der Waals surface area contributed by atoms with Gasteiger partial charge < -0.3 is 19.3 Å². The molecule has 1 aliphatic rings. The summed E-state index contributed by atoms with van der Waals surface area (Å²) in [6.07, 6.45) is 0. The Labute approximate surface area is 188 Å². The zero-order valence-electron chi connectivity index (χ0n) is 19.0. The van der Waals surface area contributed by atoms with Crippen molar-refractivity contribution in [2.45, 2.75) is 13.8 Å². The fourth-order valence-corrected chi connectivity index (χ4v) is 4.02. The standard InChI is InChI=1S/C25H28N4O3/c1-17-5-7-20(18(2)15-17)22-9-10-24(27-26-22)28-11-13-29(14-12-28)25(30)21-8-6-19(31-3)16-23(21)32-4/h5-10,15-16H,11-14H2,1-4H3. The summed E-state index contributed by atoms with van der Waals surface area (Å²) >= 11 is 0. The molecule has 0 aliphatic carbocycles. The Morgan fingerprint density at radius 1 is 0.875 bits per heavy atom. The number of hydrogen-bond donors (Lipinski definition) is 0. The summed E-state index contributed by atoms with van der Waals surface area (Å²) in [5.74, 6) is 1.96. The average molecular weight is 433 g/mol. The van der Waals surface area contributed by atoms with Crippen molar-refractivity contribution < 1.29 is 14.3 Å². The Balaban J connectivity index is 1.42. The first-order valence-electron chi connectivity index (χ1n) is 10.7. The lowest BCUT2D eigenvalue weighted by atomic mass is 10.0. The molecule has 7 nitrogen and oxygen atoms in total. The number of rotatable bonds is 5. The molecule has 0 atom stereocenters. The third-order valence-corrected chi connectivity index (χ3v) is 5.84. The van der Waals surface area contributed by atoms with E-state index in [1.807, 2.05) is 17.0 Å². The van der Waals surface area contributed by atoms with Crippen LogP contribution in [0.1, 0.15) is 21.5 Å². The van der Waals surface area contributed by atoms with Crippen molar-refractivity contribution in [1.29, 1.82) is 0 Å². The normalized spacial score (nSPS) is 13.8. The van der Waals surface area contributed by atoms with Crippen LogP contribution in [0.15, 0.2) is 48.5 Å². The maximum absolute atomic E-state index is 13.0. The lowest BCUT2D eigenvalue weighted by Gasteiger charge is -2.35. The van der Waals surface area contributed by atoms with Crippen LogP contribution in [0.4, 0.5) is 5.82 Å². The van der Waals surface area contributed by atoms with Crippen molar-refractivity contribution in [3.63, 3.8) is 0 Å². The lowest BCUT2D eigenvalue weighted by Crippen LogP contribution is -2.49. The molecule has 1 amide bonds. The summed E-state index contributed by atoms with van der Waals surface area (Å²) in [6, 6.07) is 15.6. The Kier molecular flexibility index (Phi) is 6.25. The van der Waals surface area contributed by atoms with Crippen LogP contribution in [-0.4, -0.2) is 61.4 Å². The fourth-order valence-electron chi connectivity index (χ4n) is 4.02.